The maximum atomic E-state index is 11.5. The Morgan fingerprint density at radius 2 is 2.17 bits per heavy atom. The van der Waals surface area contributed by atoms with Gasteiger partial charge in [0.2, 0.25) is 5.88 Å². The van der Waals surface area contributed by atoms with Gasteiger partial charge in [0, 0.05) is 5.92 Å². The summed E-state index contributed by atoms with van der Waals surface area (Å²) in [6.45, 7) is 0.452. The van der Waals surface area contributed by atoms with Gasteiger partial charge in [0.25, 0.3) is 5.56 Å². The zero-order chi connectivity index (χ0) is 12.6. The Morgan fingerprint density at radius 1 is 1.44 bits per heavy atom. The Labute approximate surface area is 106 Å². The summed E-state index contributed by atoms with van der Waals surface area (Å²) >= 11 is 0. The molecule has 2 aliphatic carbocycles. The zero-order valence-electron chi connectivity index (χ0n) is 10.4. The number of rotatable bonds is 4. The van der Waals surface area contributed by atoms with Crippen LogP contribution in [-0.4, -0.2) is 22.1 Å². The third-order valence-electron chi connectivity index (χ3n) is 3.81. The van der Waals surface area contributed by atoms with E-state index in [-0.39, 0.29) is 11.1 Å². The van der Waals surface area contributed by atoms with Crippen molar-refractivity contribution in [2.24, 2.45) is 5.73 Å². The Balaban J connectivity index is 1.70. The van der Waals surface area contributed by atoms with E-state index in [2.05, 4.69) is 9.97 Å². The minimum absolute atomic E-state index is 0.139. The van der Waals surface area contributed by atoms with E-state index < -0.39 is 0 Å². The van der Waals surface area contributed by atoms with Crippen LogP contribution in [0.5, 0.6) is 5.88 Å². The number of ether oxygens (including phenoxy) is 1. The first-order valence-corrected chi connectivity index (χ1v) is 6.68. The standard InChI is InChI=1S/C13H19N3O2/c14-13(5-1-2-6-13)8-18-11-7-10(17)15-12(16-11)9-3-4-9/h7,9H,1-6,8,14H2,(H,15,16,17). The van der Waals surface area contributed by atoms with E-state index in [0.29, 0.717) is 18.4 Å². The van der Waals surface area contributed by atoms with Gasteiger partial charge in [-0.25, -0.2) is 0 Å². The third kappa shape index (κ3) is 2.56. The van der Waals surface area contributed by atoms with Gasteiger partial charge in [0.15, 0.2) is 0 Å². The Bertz CT molecular complexity index is 487. The largest absolute Gasteiger partial charge is 0.476 e. The van der Waals surface area contributed by atoms with Crippen LogP contribution in [0.2, 0.25) is 0 Å². The maximum absolute atomic E-state index is 11.5. The number of nitrogens with zero attached hydrogens (tertiary/aromatic N) is 1. The van der Waals surface area contributed by atoms with E-state index >= 15 is 0 Å². The van der Waals surface area contributed by atoms with Crippen molar-refractivity contribution in [3.63, 3.8) is 0 Å². The van der Waals surface area contributed by atoms with Crippen molar-refractivity contribution >= 4 is 0 Å². The summed E-state index contributed by atoms with van der Waals surface area (Å²) in [6, 6.07) is 1.41. The van der Waals surface area contributed by atoms with Crippen LogP contribution in [0.1, 0.15) is 50.3 Å². The number of nitrogens with two attached hydrogens (primary N) is 1. The van der Waals surface area contributed by atoms with Crippen LogP contribution in [0.4, 0.5) is 0 Å². The van der Waals surface area contributed by atoms with Crippen LogP contribution in [0, 0.1) is 0 Å². The zero-order valence-corrected chi connectivity index (χ0v) is 10.4. The molecule has 5 nitrogen and oxygen atoms in total. The second-order valence-corrected chi connectivity index (χ2v) is 5.60. The summed E-state index contributed by atoms with van der Waals surface area (Å²) in [4.78, 5) is 18.6. The molecule has 0 saturated heterocycles. The van der Waals surface area contributed by atoms with E-state index in [9.17, 15) is 4.79 Å². The molecule has 0 spiro atoms. The van der Waals surface area contributed by atoms with Gasteiger partial charge in [0.1, 0.15) is 12.4 Å². The smallest absolute Gasteiger partial charge is 0.254 e. The van der Waals surface area contributed by atoms with Crippen molar-refractivity contribution in [1.29, 1.82) is 0 Å². The molecule has 18 heavy (non-hydrogen) atoms. The molecule has 1 aromatic heterocycles. The van der Waals surface area contributed by atoms with E-state index in [0.717, 1.165) is 44.3 Å². The van der Waals surface area contributed by atoms with Crippen molar-refractivity contribution in [1.82, 2.24) is 9.97 Å². The molecule has 5 heteroatoms. The van der Waals surface area contributed by atoms with Crippen LogP contribution in [0.25, 0.3) is 0 Å². The van der Waals surface area contributed by atoms with E-state index in [1.807, 2.05) is 0 Å². The summed E-state index contributed by atoms with van der Waals surface area (Å²) in [5.74, 6) is 1.59. The molecule has 0 aliphatic heterocycles. The SMILES string of the molecule is NC1(COc2cc(=O)[nH]c(C3CC3)n2)CCCC1. The van der Waals surface area contributed by atoms with E-state index in [1.54, 1.807) is 0 Å². The second-order valence-electron chi connectivity index (χ2n) is 5.60. The van der Waals surface area contributed by atoms with Gasteiger partial charge in [-0.05, 0) is 25.7 Å². The first-order chi connectivity index (χ1) is 8.65. The summed E-state index contributed by atoms with van der Waals surface area (Å²) in [6.07, 6.45) is 6.52. The van der Waals surface area contributed by atoms with Crippen molar-refractivity contribution in [2.45, 2.75) is 50.0 Å². The Hall–Kier alpha value is -1.36. The van der Waals surface area contributed by atoms with Gasteiger partial charge in [-0.1, -0.05) is 12.8 Å². The molecule has 2 saturated carbocycles. The molecule has 0 unspecified atom stereocenters. The fourth-order valence-electron chi connectivity index (χ4n) is 2.52. The summed E-state index contributed by atoms with van der Waals surface area (Å²) in [5.41, 5.74) is 5.84. The van der Waals surface area contributed by atoms with Crippen molar-refractivity contribution < 1.29 is 4.74 Å². The lowest BCUT2D eigenvalue weighted by Gasteiger charge is -2.23. The highest BCUT2D eigenvalue weighted by molar-refractivity contribution is 5.14. The van der Waals surface area contributed by atoms with Crippen LogP contribution in [-0.2, 0) is 0 Å². The monoisotopic (exact) mass is 249 g/mol. The van der Waals surface area contributed by atoms with Gasteiger partial charge >= 0.3 is 0 Å². The summed E-state index contributed by atoms with van der Waals surface area (Å²) < 4.78 is 5.64. The second kappa shape index (κ2) is 4.39. The summed E-state index contributed by atoms with van der Waals surface area (Å²) in [7, 11) is 0. The fraction of sp³-hybridized carbons (Fsp3) is 0.692. The highest BCUT2D eigenvalue weighted by Gasteiger charge is 2.31. The lowest BCUT2D eigenvalue weighted by Crippen LogP contribution is -2.42. The predicted molar refractivity (Wildman–Crippen MR) is 67.7 cm³/mol. The first kappa shape index (κ1) is 11.7. The number of nitrogens with one attached hydrogen (secondary N) is 1. The van der Waals surface area contributed by atoms with Gasteiger partial charge in [-0.2, -0.15) is 4.98 Å². The topological polar surface area (TPSA) is 81.0 Å². The molecule has 3 N–H and O–H groups in total. The van der Waals surface area contributed by atoms with Gasteiger partial charge in [-0.15, -0.1) is 0 Å². The average molecular weight is 249 g/mol. The molecular weight excluding hydrogens is 230 g/mol. The Kier molecular flexibility index (Phi) is 2.86. The fourth-order valence-corrected chi connectivity index (χ4v) is 2.52. The van der Waals surface area contributed by atoms with E-state index in [1.165, 1.54) is 6.07 Å². The van der Waals surface area contributed by atoms with E-state index in [4.69, 9.17) is 10.5 Å². The van der Waals surface area contributed by atoms with Gasteiger partial charge < -0.3 is 15.5 Å². The Morgan fingerprint density at radius 3 is 2.83 bits per heavy atom. The highest BCUT2D eigenvalue weighted by Crippen LogP contribution is 2.38. The van der Waals surface area contributed by atoms with Gasteiger partial charge in [0.05, 0.1) is 11.6 Å². The van der Waals surface area contributed by atoms with Crippen LogP contribution in [0.15, 0.2) is 10.9 Å². The van der Waals surface area contributed by atoms with Crippen LogP contribution >= 0.6 is 0 Å². The normalized spacial score (nSPS) is 22.1. The van der Waals surface area contributed by atoms with Crippen LogP contribution in [0.3, 0.4) is 0 Å². The molecule has 98 valence electrons. The quantitative estimate of drug-likeness (QED) is 0.842. The number of aromatic amines is 1. The molecule has 0 aromatic carbocycles. The van der Waals surface area contributed by atoms with Crippen molar-refractivity contribution in [3.05, 3.63) is 22.2 Å². The third-order valence-corrected chi connectivity index (χ3v) is 3.81. The molecule has 1 heterocycles. The van der Waals surface area contributed by atoms with Crippen LogP contribution < -0.4 is 16.0 Å². The molecule has 1 aromatic rings. The number of H-pyrrole nitrogens is 1. The van der Waals surface area contributed by atoms with Gasteiger partial charge in [-0.3, -0.25) is 4.79 Å². The molecule has 0 bridgehead atoms. The molecule has 3 rings (SSSR count). The maximum Gasteiger partial charge on any atom is 0.254 e. The minimum atomic E-state index is -0.232. The van der Waals surface area contributed by atoms with Crippen molar-refractivity contribution in [2.75, 3.05) is 6.61 Å². The molecule has 2 aliphatic rings. The lowest BCUT2D eigenvalue weighted by atomic mass is 10.0. The molecule has 0 amide bonds. The average Bonchev–Trinajstić information content (AvgIpc) is 3.10. The minimum Gasteiger partial charge on any atom is -0.476 e. The lowest BCUT2D eigenvalue weighted by molar-refractivity contribution is 0.212. The summed E-state index contributed by atoms with van der Waals surface area (Å²) in [5, 5.41) is 0. The number of hydrogen-bond acceptors (Lipinski definition) is 4. The number of aromatic nitrogens is 2. The molecule has 0 radical (unpaired) electrons. The molecule has 2 fully saturated rings. The molecule has 0 atom stereocenters. The highest BCUT2D eigenvalue weighted by atomic mass is 16.5. The number of hydrogen-bond donors (Lipinski definition) is 2. The first-order valence-electron chi connectivity index (χ1n) is 6.68. The molecular formula is C13H19N3O2. The predicted octanol–water partition coefficient (Wildman–Crippen LogP) is 1.30. The van der Waals surface area contributed by atoms with Crippen molar-refractivity contribution in [3.8, 4) is 5.88 Å².